The third-order valence-electron chi connectivity index (χ3n) is 3.74. The van der Waals surface area contributed by atoms with Gasteiger partial charge in [0.05, 0.1) is 12.9 Å². The summed E-state index contributed by atoms with van der Waals surface area (Å²) in [7, 11) is 1.67. The Labute approximate surface area is 127 Å². The van der Waals surface area contributed by atoms with Crippen LogP contribution in [0.15, 0.2) is 66.9 Å². The predicted octanol–water partition coefficient (Wildman–Crippen LogP) is 4.70. The summed E-state index contributed by atoms with van der Waals surface area (Å²) in [5.41, 5.74) is 1.99. The Morgan fingerprint density at radius 2 is 1.76 bits per heavy atom. The van der Waals surface area contributed by atoms with Crippen molar-refractivity contribution in [1.82, 2.24) is 0 Å². The molecule has 2 heteroatoms. The Kier molecular flexibility index (Phi) is 4.69. The van der Waals surface area contributed by atoms with Crippen molar-refractivity contribution in [2.45, 2.75) is 25.9 Å². The molecule has 110 valence electrons. The molecule has 0 unspecified atom stereocenters. The van der Waals surface area contributed by atoms with Gasteiger partial charge < -0.3 is 9.47 Å². The van der Waals surface area contributed by atoms with Gasteiger partial charge in [-0.25, -0.2) is 0 Å². The summed E-state index contributed by atoms with van der Waals surface area (Å²) in [6.45, 7) is 8.86. The second-order valence-electron chi connectivity index (χ2n) is 5.55. The maximum Gasteiger partial charge on any atom is 0.119 e. The van der Waals surface area contributed by atoms with Gasteiger partial charge in [0.15, 0.2) is 0 Å². The highest BCUT2D eigenvalue weighted by atomic mass is 16.5. The molecule has 2 aromatic rings. The second-order valence-corrected chi connectivity index (χ2v) is 5.55. The van der Waals surface area contributed by atoms with E-state index in [2.05, 4.69) is 26.5 Å². The highest BCUT2D eigenvalue weighted by Gasteiger charge is 2.26. The summed E-state index contributed by atoms with van der Waals surface area (Å²) < 4.78 is 11.2. The largest absolute Gasteiger partial charge is 0.497 e. The lowest BCUT2D eigenvalue weighted by atomic mass is 9.83. The average Bonchev–Trinajstić information content (AvgIpc) is 2.53. The molecular weight excluding hydrogens is 260 g/mol. The van der Waals surface area contributed by atoms with Gasteiger partial charge in [-0.2, -0.15) is 0 Å². The minimum absolute atomic E-state index is 0.274. The molecule has 0 N–H and O–H groups in total. The molecule has 0 amide bonds. The zero-order valence-electron chi connectivity index (χ0n) is 12.9. The molecule has 0 aliphatic carbocycles. The lowest BCUT2D eigenvalue weighted by Crippen LogP contribution is -2.21. The molecule has 0 radical (unpaired) electrons. The molecule has 0 heterocycles. The molecule has 0 spiro atoms. The standard InChI is InChI=1S/C19H22O2/c1-15(21-14-16-9-6-5-7-10-16)19(2,3)17-11-8-12-18(13-17)20-4/h5-13H,1,14H2,2-4H3. The van der Waals surface area contributed by atoms with E-state index in [1.807, 2.05) is 48.5 Å². The Hall–Kier alpha value is -2.22. The average molecular weight is 282 g/mol. The van der Waals surface area contributed by atoms with E-state index in [-0.39, 0.29) is 5.41 Å². The Morgan fingerprint density at radius 1 is 1.05 bits per heavy atom. The van der Waals surface area contributed by atoms with Crippen molar-refractivity contribution >= 4 is 0 Å². The van der Waals surface area contributed by atoms with Crippen LogP contribution in [0.4, 0.5) is 0 Å². The maximum atomic E-state index is 5.89. The molecule has 0 fully saturated rings. The minimum atomic E-state index is -0.274. The van der Waals surface area contributed by atoms with Crippen molar-refractivity contribution in [1.29, 1.82) is 0 Å². The summed E-state index contributed by atoms with van der Waals surface area (Å²) in [5, 5.41) is 0. The van der Waals surface area contributed by atoms with Crippen LogP contribution in [-0.2, 0) is 16.8 Å². The quantitative estimate of drug-likeness (QED) is 0.715. The molecule has 0 bridgehead atoms. The number of ether oxygens (including phenoxy) is 2. The van der Waals surface area contributed by atoms with Crippen molar-refractivity contribution in [2.24, 2.45) is 0 Å². The molecule has 0 aromatic heterocycles. The van der Waals surface area contributed by atoms with E-state index >= 15 is 0 Å². The van der Waals surface area contributed by atoms with Crippen molar-refractivity contribution in [3.63, 3.8) is 0 Å². The third kappa shape index (κ3) is 3.66. The van der Waals surface area contributed by atoms with E-state index in [9.17, 15) is 0 Å². The molecule has 21 heavy (non-hydrogen) atoms. The number of methoxy groups -OCH3 is 1. The van der Waals surface area contributed by atoms with Crippen molar-refractivity contribution in [3.8, 4) is 5.75 Å². The number of allylic oxidation sites excluding steroid dienone is 1. The van der Waals surface area contributed by atoms with E-state index in [1.165, 1.54) is 0 Å². The van der Waals surface area contributed by atoms with Gasteiger partial charge in [0, 0.05) is 5.41 Å². The molecule has 0 saturated heterocycles. The summed E-state index contributed by atoms with van der Waals surface area (Å²) in [6, 6.07) is 18.1. The van der Waals surface area contributed by atoms with Crippen molar-refractivity contribution in [3.05, 3.63) is 78.1 Å². The predicted molar refractivity (Wildman–Crippen MR) is 86.4 cm³/mol. The fourth-order valence-corrected chi connectivity index (χ4v) is 2.10. The molecule has 2 rings (SSSR count). The Morgan fingerprint density at radius 3 is 2.43 bits per heavy atom. The van der Waals surface area contributed by atoms with E-state index in [4.69, 9.17) is 9.47 Å². The van der Waals surface area contributed by atoms with Crippen molar-refractivity contribution in [2.75, 3.05) is 7.11 Å². The van der Waals surface area contributed by atoms with Gasteiger partial charge in [-0.15, -0.1) is 0 Å². The Balaban J connectivity index is 2.09. The van der Waals surface area contributed by atoms with E-state index < -0.39 is 0 Å². The molecule has 0 aliphatic rings. The van der Waals surface area contributed by atoms with E-state index in [1.54, 1.807) is 7.11 Å². The van der Waals surface area contributed by atoms with Crippen molar-refractivity contribution < 1.29 is 9.47 Å². The zero-order chi connectivity index (χ0) is 15.3. The van der Waals surface area contributed by atoms with Gasteiger partial charge in [0.2, 0.25) is 0 Å². The first-order valence-corrected chi connectivity index (χ1v) is 7.04. The van der Waals surface area contributed by atoms with Crippen LogP contribution in [0.3, 0.4) is 0 Å². The van der Waals surface area contributed by atoms with Gasteiger partial charge in [-0.3, -0.25) is 0 Å². The van der Waals surface area contributed by atoms with Crippen LogP contribution in [0.5, 0.6) is 5.75 Å². The van der Waals surface area contributed by atoms with Gasteiger partial charge in [0.1, 0.15) is 12.4 Å². The molecular formula is C19H22O2. The SMILES string of the molecule is C=C(OCc1ccccc1)C(C)(C)c1cccc(OC)c1. The molecule has 2 nitrogen and oxygen atoms in total. The molecule has 2 aromatic carbocycles. The van der Waals surface area contributed by atoms with Gasteiger partial charge >= 0.3 is 0 Å². The molecule has 0 aliphatic heterocycles. The number of benzene rings is 2. The lowest BCUT2D eigenvalue weighted by molar-refractivity contribution is 0.161. The monoisotopic (exact) mass is 282 g/mol. The number of hydrogen-bond donors (Lipinski definition) is 0. The molecule has 0 saturated carbocycles. The van der Waals surface area contributed by atoms with Crippen LogP contribution in [0.2, 0.25) is 0 Å². The summed E-state index contributed by atoms with van der Waals surface area (Å²) in [5.74, 6) is 1.59. The lowest BCUT2D eigenvalue weighted by Gasteiger charge is -2.28. The van der Waals surface area contributed by atoms with E-state index in [0.29, 0.717) is 6.61 Å². The highest BCUT2D eigenvalue weighted by Crippen LogP contribution is 2.33. The maximum absolute atomic E-state index is 5.89. The third-order valence-corrected chi connectivity index (χ3v) is 3.74. The van der Waals surface area contributed by atoms with Crippen LogP contribution in [-0.4, -0.2) is 7.11 Å². The highest BCUT2D eigenvalue weighted by molar-refractivity contribution is 5.37. The first-order chi connectivity index (χ1) is 10.0. The fraction of sp³-hybridized carbons (Fsp3) is 0.263. The summed E-state index contributed by atoms with van der Waals surface area (Å²) >= 11 is 0. The minimum Gasteiger partial charge on any atom is -0.497 e. The summed E-state index contributed by atoms with van der Waals surface area (Å²) in [6.07, 6.45) is 0. The topological polar surface area (TPSA) is 18.5 Å². The number of rotatable bonds is 6. The fourth-order valence-electron chi connectivity index (χ4n) is 2.10. The van der Waals surface area contributed by atoms with Gasteiger partial charge in [-0.1, -0.05) is 49.0 Å². The molecule has 0 atom stereocenters. The first kappa shape index (κ1) is 15.2. The van der Waals surface area contributed by atoms with Crippen LogP contribution >= 0.6 is 0 Å². The van der Waals surface area contributed by atoms with E-state index in [0.717, 1.165) is 22.6 Å². The van der Waals surface area contributed by atoms with Gasteiger partial charge in [-0.05, 0) is 37.1 Å². The smallest absolute Gasteiger partial charge is 0.119 e. The first-order valence-electron chi connectivity index (χ1n) is 7.04. The van der Waals surface area contributed by atoms with Gasteiger partial charge in [0.25, 0.3) is 0 Å². The number of hydrogen-bond acceptors (Lipinski definition) is 2. The van der Waals surface area contributed by atoms with Crippen LogP contribution < -0.4 is 4.74 Å². The van der Waals surface area contributed by atoms with Crippen LogP contribution in [0.25, 0.3) is 0 Å². The summed E-state index contributed by atoms with van der Waals surface area (Å²) in [4.78, 5) is 0. The van der Waals surface area contributed by atoms with Crippen LogP contribution in [0, 0.1) is 0 Å². The second kappa shape index (κ2) is 6.49. The normalized spacial score (nSPS) is 11.0. The van der Waals surface area contributed by atoms with Crippen LogP contribution in [0.1, 0.15) is 25.0 Å². The Bertz CT molecular complexity index is 600. The zero-order valence-corrected chi connectivity index (χ0v) is 12.9.